The molecule has 4 N–H and O–H groups in total. The number of carbonyl (C=O) groups excluding carboxylic acids is 2. The van der Waals surface area contributed by atoms with Gasteiger partial charge in [0.25, 0.3) is 0 Å². The highest BCUT2D eigenvalue weighted by atomic mass is 127. The van der Waals surface area contributed by atoms with Gasteiger partial charge in [-0.05, 0) is 84.0 Å². The second-order valence-electron chi connectivity index (χ2n) is 9.25. The number of halogens is 2. The molecule has 0 aliphatic carbocycles. The van der Waals surface area contributed by atoms with Crippen molar-refractivity contribution in [2.45, 2.75) is 25.5 Å². The predicted octanol–water partition coefficient (Wildman–Crippen LogP) is 6.12. The Bertz CT molecular complexity index is 1470. The minimum Gasteiger partial charge on any atom is -0.370 e. The van der Waals surface area contributed by atoms with Crippen molar-refractivity contribution in [1.82, 2.24) is 5.32 Å². The Morgan fingerprint density at radius 1 is 1.10 bits per heavy atom. The number of aryl methyl sites for hydroxylation is 1. The molecule has 3 aromatic carbocycles. The summed E-state index contributed by atoms with van der Waals surface area (Å²) in [7, 11) is 0. The van der Waals surface area contributed by atoms with Crippen molar-refractivity contribution in [2.24, 2.45) is 5.92 Å². The second kappa shape index (κ2) is 12.6. The molecule has 0 bridgehead atoms. The van der Waals surface area contributed by atoms with E-state index in [1.807, 2.05) is 61.5 Å². The lowest BCUT2D eigenvalue weighted by Crippen LogP contribution is -2.57. The van der Waals surface area contributed by atoms with E-state index >= 15 is 0 Å². The number of rotatable bonds is 7. The first-order chi connectivity index (χ1) is 18.6. The van der Waals surface area contributed by atoms with Crippen molar-refractivity contribution in [3.8, 4) is 6.07 Å². The van der Waals surface area contributed by atoms with Gasteiger partial charge in [0.1, 0.15) is 5.72 Å². The van der Waals surface area contributed by atoms with Crippen molar-refractivity contribution < 1.29 is 14.7 Å². The maximum absolute atomic E-state index is 13.8. The van der Waals surface area contributed by atoms with Crippen molar-refractivity contribution in [3.63, 3.8) is 0 Å². The number of benzene rings is 3. The van der Waals surface area contributed by atoms with E-state index in [4.69, 9.17) is 0 Å². The van der Waals surface area contributed by atoms with Crippen LogP contribution in [0, 0.1) is 27.7 Å². The second-order valence-corrected chi connectivity index (χ2v) is 12.3. The lowest BCUT2D eigenvalue weighted by atomic mass is 9.73. The summed E-state index contributed by atoms with van der Waals surface area (Å²) in [6.07, 6.45) is 0. The van der Waals surface area contributed by atoms with Gasteiger partial charge in [0.15, 0.2) is 0 Å². The highest BCUT2D eigenvalue weighted by Crippen LogP contribution is 2.46. The fourth-order valence-corrected chi connectivity index (χ4v) is 6.44. The SMILES string of the molecule is Cc1ccccc1NC(=O)[C@@H]1[C@H](c2ccccc2I)C(C#N)=C(SCC(=O)Nc2ccc(Br)cc2)N[C@@]1(C)O. The van der Waals surface area contributed by atoms with Gasteiger partial charge in [0, 0.05) is 25.3 Å². The highest BCUT2D eigenvalue weighted by molar-refractivity contribution is 14.1. The van der Waals surface area contributed by atoms with Crippen LogP contribution < -0.4 is 16.0 Å². The molecule has 3 aromatic rings. The summed E-state index contributed by atoms with van der Waals surface area (Å²) in [5, 5.41) is 31.1. The third-order valence-electron chi connectivity index (χ3n) is 6.38. The summed E-state index contributed by atoms with van der Waals surface area (Å²) in [6, 6.07) is 24.4. The molecule has 3 atom stereocenters. The van der Waals surface area contributed by atoms with Gasteiger partial charge in [0.05, 0.1) is 28.3 Å². The first-order valence-corrected chi connectivity index (χ1v) is 14.9. The molecule has 39 heavy (non-hydrogen) atoms. The molecule has 1 aliphatic heterocycles. The van der Waals surface area contributed by atoms with Crippen LogP contribution in [-0.2, 0) is 9.59 Å². The molecule has 10 heteroatoms. The molecule has 4 rings (SSSR count). The van der Waals surface area contributed by atoms with E-state index in [0.717, 1.165) is 30.9 Å². The Hall–Kier alpha value is -2.85. The van der Waals surface area contributed by atoms with Crippen LogP contribution in [0.2, 0.25) is 0 Å². The van der Waals surface area contributed by atoms with Crippen LogP contribution in [0.15, 0.2) is 87.9 Å². The third kappa shape index (κ3) is 6.84. The number of carbonyl (C=O) groups is 2. The van der Waals surface area contributed by atoms with Crippen LogP contribution in [0.1, 0.15) is 24.0 Å². The van der Waals surface area contributed by atoms with Gasteiger partial charge >= 0.3 is 0 Å². The van der Waals surface area contributed by atoms with Crippen molar-refractivity contribution in [1.29, 1.82) is 5.26 Å². The molecule has 2 amide bonds. The van der Waals surface area contributed by atoms with Crippen molar-refractivity contribution in [2.75, 3.05) is 16.4 Å². The minimum atomic E-state index is -1.72. The molecule has 0 fully saturated rings. The zero-order valence-corrected chi connectivity index (χ0v) is 25.7. The number of aliphatic hydroxyl groups is 1. The number of nitrogens with one attached hydrogen (secondary N) is 3. The largest absolute Gasteiger partial charge is 0.370 e. The van der Waals surface area contributed by atoms with Crippen molar-refractivity contribution in [3.05, 3.63) is 103 Å². The predicted molar refractivity (Wildman–Crippen MR) is 167 cm³/mol. The number of hydrogen-bond donors (Lipinski definition) is 4. The lowest BCUT2D eigenvalue weighted by Gasteiger charge is -2.43. The molecular weight excluding hydrogens is 691 g/mol. The average molecular weight is 717 g/mol. The maximum Gasteiger partial charge on any atom is 0.234 e. The molecule has 1 heterocycles. The molecule has 0 saturated carbocycles. The van der Waals surface area contributed by atoms with Crippen molar-refractivity contribution >= 4 is 73.5 Å². The smallest absolute Gasteiger partial charge is 0.234 e. The first kappa shape index (κ1) is 29.1. The number of nitrogens with zero attached hydrogens (tertiary/aromatic N) is 1. The molecule has 0 spiro atoms. The summed E-state index contributed by atoms with van der Waals surface area (Å²) < 4.78 is 1.76. The maximum atomic E-state index is 13.8. The zero-order valence-electron chi connectivity index (χ0n) is 21.2. The Labute approximate surface area is 253 Å². The van der Waals surface area contributed by atoms with E-state index in [0.29, 0.717) is 16.4 Å². The number of allylic oxidation sites excluding steroid dienone is 1. The summed E-state index contributed by atoms with van der Waals surface area (Å²) in [5.41, 5.74) is 1.47. The highest BCUT2D eigenvalue weighted by Gasteiger charge is 2.50. The van der Waals surface area contributed by atoms with Gasteiger partial charge in [-0.3, -0.25) is 9.59 Å². The van der Waals surface area contributed by atoms with Gasteiger partial charge in [-0.1, -0.05) is 64.1 Å². The molecule has 0 aromatic heterocycles. The van der Waals surface area contributed by atoms with Crippen LogP contribution in [0.3, 0.4) is 0 Å². The Morgan fingerprint density at radius 3 is 2.44 bits per heavy atom. The summed E-state index contributed by atoms with van der Waals surface area (Å²) in [6.45, 7) is 3.41. The molecule has 0 radical (unpaired) electrons. The molecular formula is C29H26BrIN4O3S. The van der Waals surface area contributed by atoms with Gasteiger partial charge in [0.2, 0.25) is 11.8 Å². The molecule has 200 valence electrons. The molecule has 1 aliphatic rings. The zero-order chi connectivity index (χ0) is 28.2. The Morgan fingerprint density at radius 2 is 1.77 bits per heavy atom. The lowest BCUT2D eigenvalue weighted by molar-refractivity contribution is -0.132. The number of hydrogen-bond acceptors (Lipinski definition) is 6. The van der Waals surface area contributed by atoms with E-state index in [2.05, 4.69) is 60.5 Å². The summed E-state index contributed by atoms with van der Waals surface area (Å²) in [4.78, 5) is 26.5. The first-order valence-electron chi connectivity index (χ1n) is 12.0. The average Bonchev–Trinajstić information content (AvgIpc) is 2.89. The number of anilines is 2. The van der Waals surface area contributed by atoms with Gasteiger partial charge < -0.3 is 21.1 Å². The van der Waals surface area contributed by atoms with E-state index in [9.17, 15) is 20.0 Å². The van der Waals surface area contributed by atoms with E-state index in [-0.39, 0.29) is 17.2 Å². The van der Waals surface area contributed by atoms with Crippen LogP contribution in [0.5, 0.6) is 0 Å². The number of nitriles is 1. The fraction of sp³-hybridized carbons (Fsp3) is 0.207. The van der Waals surface area contributed by atoms with Crippen LogP contribution in [0.4, 0.5) is 11.4 Å². The molecule has 0 saturated heterocycles. The van der Waals surface area contributed by atoms with Crippen LogP contribution >= 0.6 is 50.3 Å². The molecule has 7 nitrogen and oxygen atoms in total. The standard InChI is InChI=1S/C29H26BrIN4O3S/c1-17-7-3-6-10-23(17)34-27(37)26-25(20-8-4-5-9-22(20)31)21(15-32)28(35-29(26,2)38)39-16-24(36)33-19-13-11-18(30)12-14-19/h3-14,25-26,35,38H,16H2,1-2H3,(H,33,36)(H,34,37)/t25-,26+,29+/m1/s1. The summed E-state index contributed by atoms with van der Waals surface area (Å²) >= 11 is 6.67. The van der Waals surface area contributed by atoms with E-state index < -0.39 is 23.5 Å². The Balaban J connectivity index is 1.68. The third-order valence-corrected chi connectivity index (χ3v) is 8.91. The molecule has 0 unspecified atom stereocenters. The number of thioether (sulfide) groups is 1. The number of para-hydroxylation sites is 1. The minimum absolute atomic E-state index is 0.00165. The van der Waals surface area contributed by atoms with E-state index in [1.165, 1.54) is 6.92 Å². The van der Waals surface area contributed by atoms with Crippen LogP contribution in [-0.4, -0.2) is 28.4 Å². The Kier molecular flexibility index (Phi) is 9.38. The van der Waals surface area contributed by atoms with Gasteiger partial charge in [-0.2, -0.15) is 5.26 Å². The normalized spacial score (nSPS) is 20.5. The van der Waals surface area contributed by atoms with Crippen LogP contribution in [0.25, 0.3) is 0 Å². The number of amides is 2. The monoisotopic (exact) mass is 716 g/mol. The quantitative estimate of drug-likeness (QED) is 0.219. The van der Waals surface area contributed by atoms with E-state index in [1.54, 1.807) is 18.2 Å². The topological polar surface area (TPSA) is 114 Å². The van der Waals surface area contributed by atoms with Gasteiger partial charge in [-0.25, -0.2) is 0 Å². The summed E-state index contributed by atoms with van der Waals surface area (Å²) in [5.74, 6) is -2.47. The van der Waals surface area contributed by atoms with Gasteiger partial charge in [-0.15, -0.1) is 0 Å². The fourth-order valence-electron chi connectivity index (χ4n) is 4.50.